The van der Waals surface area contributed by atoms with Crippen LogP contribution in [0.2, 0.25) is 0 Å². The first-order valence-electron chi connectivity index (χ1n) is 10.5. The van der Waals surface area contributed by atoms with Gasteiger partial charge in [-0.05, 0) is 73.2 Å². The minimum absolute atomic E-state index is 0.0832. The SMILES string of the molecule is CCOc1ccc(C(=O)NC(=S)Nc2cc(-c3cc4ccccc4oc3=O)ccc2OC)cc1. The van der Waals surface area contributed by atoms with Crippen molar-refractivity contribution in [3.63, 3.8) is 0 Å². The number of anilines is 1. The zero-order valence-electron chi connectivity index (χ0n) is 18.6. The molecule has 1 amide bonds. The number of amides is 1. The van der Waals surface area contributed by atoms with Crippen molar-refractivity contribution in [2.24, 2.45) is 0 Å². The van der Waals surface area contributed by atoms with E-state index in [2.05, 4.69) is 10.6 Å². The summed E-state index contributed by atoms with van der Waals surface area (Å²) in [5, 5.41) is 6.51. The molecule has 2 N–H and O–H groups in total. The number of methoxy groups -OCH3 is 1. The highest BCUT2D eigenvalue weighted by Crippen LogP contribution is 2.30. The van der Waals surface area contributed by atoms with Gasteiger partial charge in [-0.3, -0.25) is 10.1 Å². The highest BCUT2D eigenvalue weighted by molar-refractivity contribution is 7.80. The molecule has 0 aliphatic carbocycles. The molecule has 0 atom stereocenters. The molecular weight excluding hydrogens is 452 g/mol. The molecule has 1 heterocycles. The van der Waals surface area contributed by atoms with Crippen molar-refractivity contribution >= 4 is 39.9 Å². The van der Waals surface area contributed by atoms with E-state index < -0.39 is 5.63 Å². The standard InChI is InChI=1S/C26H22N2O5S/c1-3-32-19-11-8-16(9-12-19)24(29)28-26(34)27-21-15-17(10-13-23(21)31-2)20-14-18-6-4-5-7-22(18)33-25(20)30/h4-15H,3H2,1-2H3,(H2,27,28,29,34). The van der Waals surface area contributed by atoms with Gasteiger partial charge in [0.15, 0.2) is 5.11 Å². The Morgan fingerprint density at radius 1 is 1.03 bits per heavy atom. The van der Waals surface area contributed by atoms with E-state index >= 15 is 0 Å². The normalized spacial score (nSPS) is 10.5. The molecular formula is C26H22N2O5S. The summed E-state index contributed by atoms with van der Waals surface area (Å²) in [6, 6.07) is 21.0. The van der Waals surface area contributed by atoms with Gasteiger partial charge < -0.3 is 19.2 Å². The van der Waals surface area contributed by atoms with Gasteiger partial charge >= 0.3 is 5.63 Å². The molecule has 0 saturated carbocycles. The maximum Gasteiger partial charge on any atom is 0.344 e. The average Bonchev–Trinajstić information content (AvgIpc) is 2.84. The number of hydrogen-bond acceptors (Lipinski definition) is 6. The van der Waals surface area contributed by atoms with Gasteiger partial charge in [-0.1, -0.05) is 24.3 Å². The van der Waals surface area contributed by atoms with Crippen molar-refractivity contribution in [3.8, 4) is 22.6 Å². The van der Waals surface area contributed by atoms with Gasteiger partial charge in [0.2, 0.25) is 0 Å². The molecule has 8 heteroatoms. The van der Waals surface area contributed by atoms with Crippen LogP contribution in [-0.2, 0) is 0 Å². The second-order valence-electron chi connectivity index (χ2n) is 7.27. The number of fused-ring (bicyclic) bond motifs is 1. The smallest absolute Gasteiger partial charge is 0.344 e. The predicted octanol–water partition coefficient (Wildman–Crippen LogP) is 4.99. The number of ether oxygens (including phenoxy) is 2. The second kappa shape index (κ2) is 10.2. The number of rotatable bonds is 6. The topological polar surface area (TPSA) is 89.8 Å². The van der Waals surface area contributed by atoms with Crippen LogP contribution in [0.25, 0.3) is 22.1 Å². The summed E-state index contributed by atoms with van der Waals surface area (Å²) in [6.07, 6.45) is 0. The summed E-state index contributed by atoms with van der Waals surface area (Å²) in [7, 11) is 1.52. The van der Waals surface area contributed by atoms with E-state index in [4.69, 9.17) is 26.1 Å². The van der Waals surface area contributed by atoms with E-state index in [1.807, 2.05) is 25.1 Å². The van der Waals surface area contributed by atoms with Crippen LogP contribution in [0, 0.1) is 0 Å². The number of carbonyl (C=O) groups is 1. The molecule has 1 aromatic heterocycles. The summed E-state index contributed by atoms with van der Waals surface area (Å²) >= 11 is 5.33. The van der Waals surface area contributed by atoms with Crippen LogP contribution in [0.4, 0.5) is 5.69 Å². The van der Waals surface area contributed by atoms with Crippen LogP contribution in [0.15, 0.2) is 82.0 Å². The number of para-hydroxylation sites is 1. The predicted molar refractivity (Wildman–Crippen MR) is 136 cm³/mol. The van der Waals surface area contributed by atoms with E-state index in [0.717, 1.165) is 5.39 Å². The van der Waals surface area contributed by atoms with Crippen molar-refractivity contribution in [2.45, 2.75) is 6.92 Å². The Hall–Kier alpha value is -4.17. The van der Waals surface area contributed by atoms with E-state index in [0.29, 0.717) is 46.1 Å². The molecule has 0 aliphatic rings. The van der Waals surface area contributed by atoms with E-state index in [-0.39, 0.29) is 11.0 Å². The first-order valence-corrected chi connectivity index (χ1v) is 11.0. The van der Waals surface area contributed by atoms with Gasteiger partial charge in [0, 0.05) is 10.9 Å². The second-order valence-corrected chi connectivity index (χ2v) is 7.67. The Morgan fingerprint density at radius 2 is 1.79 bits per heavy atom. The van der Waals surface area contributed by atoms with E-state index in [9.17, 15) is 9.59 Å². The fourth-order valence-corrected chi connectivity index (χ4v) is 3.64. The summed E-state index contributed by atoms with van der Waals surface area (Å²) < 4.78 is 16.3. The van der Waals surface area contributed by atoms with E-state index in [1.54, 1.807) is 54.6 Å². The Labute approximate surface area is 201 Å². The van der Waals surface area contributed by atoms with Crippen LogP contribution in [0.1, 0.15) is 17.3 Å². The first kappa shape index (κ1) is 23.0. The Morgan fingerprint density at radius 3 is 2.53 bits per heavy atom. The van der Waals surface area contributed by atoms with Crippen molar-refractivity contribution in [1.29, 1.82) is 0 Å². The number of thiocarbonyl (C=S) groups is 1. The fraction of sp³-hybridized carbons (Fsp3) is 0.115. The summed E-state index contributed by atoms with van der Waals surface area (Å²) in [6.45, 7) is 2.43. The van der Waals surface area contributed by atoms with Crippen molar-refractivity contribution in [1.82, 2.24) is 5.32 Å². The minimum atomic E-state index is -0.457. The fourth-order valence-electron chi connectivity index (χ4n) is 3.43. The molecule has 0 bridgehead atoms. The van der Waals surface area contributed by atoms with Crippen molar-refractivity contribution in [2.75, 3.05) is 19.0 Å². The summed E-state index contributed by atoms with van der Waals surface area (Å²) in [5.41, 5.74) is 1.99. The maximum atomic E-state index is 12.6. The molecule has 34 heavy (non-hydrogen) atoms. The quantitative estimate of drug-likeness (QED) is 0.300. The van der Waals surface area contributed by atoms with Crippen LogP contribution in [-0.4, -0.2) is 24.7 Å². The van der Waals surface area contributed by atoms with Gasteiger partial charge in [-0.2, -0.15) is 0 Å². The Balaban J connectivity index is 1.55. The Kier molecular flexibility index (Phi) is 6.89. The average molecular weight is 475 g/mol. The molecule has 0 saturated heterocycles. The molecule has 7 nitrogen and oxygen atoms in total. The van der Waals surface area contributed by atoms with Gasteiger partial charge in [-0.15, -0.1) is 0 Å². The monoisotopic (exact) mass is 474 g/mol. The van der Waals surface area contributed by atoms with Crippen LogP contribution < -0.4 is 25.7 Å². The molecule has 3 aromatic carbocycles. The molecule has 0 spiro atoms. The lowest BCUT2D eigenvalue weighted by molar-refractivity contribution is 0.0977. The molecule has 0 unspecified atom stereocenters. The third-order valence-electron chi connectivity index (χ3n) is 5.05. The molecule has 4 rings (SSSR count). The number of carbonyl (C=O) groups excluding carboxylic acids is 1. The van der Waals surface area contributed by atoms with Crippen LogP contribution >= 0.6 is 12.2 Å². The van der Waals surface area contributed by atoms with Gasteiger partial charge in [0.25, 0.3) is 5.91 Å². The zero-order valence-corrected chi connectivity index (χ0v) is 19.4. The number of benzene rings is 3. The highest BCUT2D eigenvalue weighted by Gasteiger charge is 2.14. The first-order chi connectivity index (χ1) is 16.5. The van der Waals surface area contributed by atoms with Gasteiger partial charge in [0.1, 0.15) is 17.1 Å². The molecule has 0 aliphatic heterocycles. The van der Waals surface area contributed by atoms with Crippen LogP contribution in [0.3, 0.4) is 0 Å². The van der Waals surface area contributed by atoms with Crippen molar-refractivity contribution in [3.05, 3.63) is 88.8 Å². The summed E-state index contributed by atoms with van der Waals surface area (Å²) in [5.74, 6) is 0.803. The van der Waals surface area contributed by atoms with Gasteiger partial charge in [-0.25, -0.2) is 4.79 Å². The zero-order chi connectivity index (χ0) is 24.1. The highest BCUT2D eigenvalue weighted by atomic mass is 32.1. The molecule has 0 radical (unpaired) electrons. The van der Waals surface area contributed by atoms with Crippen molar-refractivity contribution < 1.29 is 18.7 Å². The summed E-state index contributed by atoms with van der Waals surface area (Å²) in [4.78, 5) is 25.1. The lowest BCUT2D eigenvalue weighted by Crippen LogP contribution is -2.34. The Bertz CT molecular complexity index is 1410. The largest absolute Gasteiger partial charge is 0.495 e. The third-order valence-corrected chi connectivity index (χ3v) is 5.26. The van der Waals surface area contributed by atoms with Crippen LogP contribution in [0.5, 0.6) is 11.5 Å². The maximum absolute atomic E-state index is 12.6. The molecule has 0 fully saturated rings. The molecule has 4 aromatic rings. The lowest BCUT2D eigenvalue weighted by Gasteiger charge is -2.14. The third kappa shape index (κ3) is 5.07. The minimum Gasteiger partial charge on any atom is -0.495 e. The lowest BCUT2D eigenvalue weighted by atomic mass is 10.0. The van der Waals surface area contributed by atoms with Gasteiger partial charge in [0.05, 0.1) is 25.0 Å². The molecule has 172 valence electrons. The number of nitrogens with one attached hydrogen (secondary N) is 2. The number of hydrogen-bond donors (Lipinski definition) is 2. The van der Waals surface area contributed by atoms with E-state index in [1.165, 1.54) is 7.11 Å².